The molecule has 1 aromatic heterocycles. The molecule has 2 aliphatic rings. The van der Waals surface area contributed by atoms with Gasteiger partial charge in [0.25, 0.3) is 0 Å². The molecule has 0 saturated heterocycles. The highest BCUT2D eigenvalue weighted by Crippen LogP contribution is 2.53. The van der Waals surface area contributed by atoms with Crippen molar-refractivity contribution in [2.24, 2.45) is 0 Å². The topological polar surface area (TPSA) is 41.5 Å². The summed E-state index contributed by atoms with van der Waals surface area (Å²) in [5.41, 5.74) is 6.13. The van der Waals surface area contributed by atoms with Gasteiger partial charge < -0.3 is 9.64 Å². The van der Waals surface area contributed by atoms with Crippen molar-refractivity contribution in [1.29, 1.82) is 0 Å². The number of benzene rings is 5. The molecule has 0 bridgehead atoms. The van der Waals surface area contributed by atoms with Gasteiger partial charge in [-0.05, 0) is 66.7 Å². The van der Waals surface area contributed by atoms with Crippen LogP contribution in [-0.2, 0) is 0 Å². The van der Waals surface area contributed by atoms with Crippen LogP contribution in [0.3, 0.4) is 0 Å². The summed E-state index contributed by atoms with van der Waals surface area (Å²) in [6.07, 6.45) is 1.66. The normalized spacial score (nSPS) is 13.3. The van der Waals surface area contributed by atoms with Gasteiger partial charge in [-0.2, -0.15) is 0 Å². The molecule has 38 heavy (non-hydrogen) atoms. The molecule has 2 aliphatic heterocycles. The predicted molar refractivity (Wildman–Crippen MR) is 153 cm³/mol. The van der Waals surface area contributed by atoms with Gasteiger partial charge in [0.2, 0.25) is 0 Å². The van der Waals surface area contributed by atoms with Crippen LogP contribution >= 0.6 is 11.8 Å². The summed E-state index contributed by atoms with van der Waals surface area (Å²) in [4.78, 5) is 16.4. The van der Waals surface area contributed by atoms with E-state index in [0.29, 0.717) is 0 Å². The number of para-hydroxylation sites is 6. The third kappa shape index (κ3) is 3.20. The molecule has 0 fully saturated rings. The Kier molecular flexibility index (Phi) is 4.69. The SMILES string of the molecule is c1ccc2c(c1)Oc1ccccc1N2c1ccc2c(N3c4ccccc4Sc4ccccc43)ncnc2c1. The van der Waals surface area contributed by atoms with Crippen molar-refractivity contribution < 1.29 is 4.74 Å². The quantitative estimate of drug-likeness (QED) is 0.232. The van der Waals surface area contributed by atoms with Gasteiger partial charge in [0.1, 0.15) is 12.1 Å². The van der Waals surface area contributed by atoms with Crippen molar-refractivity contribution in [3.63, 3.8) is 0 Å². The lowest BCUT2D eigenvalue weighted by Crippen LogP contribution is -2.17. The molecule has 5 nitrogen and oxygen atoms in total. The molecule has 3 heterocycles. The van der Waals surface area contributed by atoms with Crippen molar-refractivity contribution in [3.05, 3.63) is 122 Å². The summed E-state index contributed by atoms with van der Waals surface area (Å²) < 4.78 is 6.21. The van der Waals surface area contributed by atoms with Gasteiger partial charge in [0.15, 0.2) is 11.5 Å². The summed E-state index contributed by atoms with van der Waals surface area (Å²) in [6, 6.07) is 39.6. The first-order valence-corrected chi connectivity index (χ1v) is 13.2. The van der Waals surface area contributed by atoms with Crippen LogP contribution in [0.5, 0.6) is 11.5 Å². The van der Waals surface area contributed by atoms with Crippen LogP contribution < -0.4 is 14.5 Å². The summed E-state index contributed by atoms with van der Waals surface area (Å²) in [5.74, 6) is 2.52. The molecule has 0 N–H and O–H groups in total. The van der Waals surface area contributed by atoms with E-state index in [1.807, 2.05) is 36.4 Å². The van der Waals surface area contributed by atoms with Crippen LogP contribution in [0.25, 0.3) is 10.9 Å². The fourth-order valence-electron chi connectivity index (χ4n) is 5.26. The van der Waals surface area contributed by atoms with E-state index >= 15 is 0 Å². The van der Waals surface area contributed by atoms with Crippen LogP contribution in [0.4, 0.5) is 34.3 Å². The molecule has 0 spiro atoms. The Morgan fingerprint density at radius 3 is 1.79 bits per heavy atom. The minimum atomic E-state index is 0.828. The Labute approximate surface area is 224 Å². The van der Waals surface area contributed by atoms with Crippen LogP contribution in [-0.4, -0.2) is 9.97 Å². The van der Waals surface area contributed by atoms with E-state index in [2.05, 4.69) is 88.7 Å². The Morgan fingerprint density at radius 1 is 0.553 bits per heavy atom. The number of aromatic nitrogens is 2. The number of anilines is 6. The first-order chi connectivity index (χ1) is 18.8. The van der Waals surface area contributed by atoms with E-state index in [1.165, 1.54) is 9.79 Å². The second kappa shape index (κ2) is 8.36. The van der Waals surface area contributed by atoms with E-state index in [9.17, 15) is 0 Å². The number of rotatable bonds is 2. The van der Waals surface area contributed by atoms with Crippen molar-refractivity contribution in [2.75, 3.05) is 9.80 Å². The van der Waals surface area contributed by atoms with Crippen LogP contribution in [0.2, 0.25) is 0 Å². The van der Waals surface area contributed by atoms with Crippen LogP contribution in [0.15, 0.2) is 131 Å². The van der Waals surface area contributed by atoms with Crippen LogP contribution in [0, 0.1) is 0 Å². The highest BCUT2D eigenvalue weighted by molar-refractivity contribution is 7.99. The third-order valence-electron chi connectivity index (χ3n) is 6.93. The zero-order chi connectivity index (χ0) is 25.1. The molecule has 180 valence electrons. The van der Waals surface area contributed by atoms with Gasteiger partial charge in [-0.25, -0.2) is 9.97 Å². The molecule has 8 rings (SSSR count). The van der Waals surface area contributed by atoms with E-state index in [-0.39, 0.29) is 0 Å². The molecule has 0 atom stereocenters. The molecule has 5 aromatic carbocycles. The lowest BCUT2D eigenvalue weighted by molar-refractivity contribution is 0.477. The maximum Gasteiger partial charge on any atom is 0.151 e. The molecular formula is C32H20N4OS. The zero-order valence-electron chi connectivity index (χ0n) is 20.2. The Morgan fingerprint density at radius 2 is 1.13 bits per heavy atom. The van der Waals surface area contributed by atoms with Crippen LogP contribution in [0.1, 0.15) is 0 Å². The highest BCUT2D eigenvalue weighted by atomic mass is 32.2. The fourth-order valence-corrected chi connectivity index (χ4v) is 6.32. The fraction of sp³-hybridized carbons (Fsp3) is 0. The summed E-state index contributed by atoms with van der Waals surface area (Å²) >= 11 is 1.79. The average molecular weight is 509 g/mol. The minimum Gasteiger partial charge on any atom is -0.453 e. The van der Waals surface area contributed by atoms with E-state index < -0.39 is 0 Å². The maximum atomic E-state index is 6.21. The Hall–Kier alpha value is -4.81. The highest BCUT2D eigenvalue weighted by Gasteiger charge is 2.28. The van der Waals surface area contributed by atoms with Gasteiger partial charge in [-0.3, -0.25) is 4.90 Å². The number of fused-ring (bicyclic) bond motifs is 5. The molecule has 0 amide bonds. The number of nitrogens with zero attached hydrogens (tertiary/aromatic N) is 4. The van der Waals surface area contributed by atoms with Gasteiger partial charge >= 0.3 is 0 Å². The predicted octanol–water partition coefficient (Wildman–Crippen LogP) is 9.14. The second-order valence-electron chi connectivity index (χ2n) is 9.14. The summed E-state index contributed by atoms with van der Waals surface area (Å²) in [5, 5.41) is 0.989. The van der Waals surface area contributed by atoms with Crippen molar-refractivity contribution in [3.8, 4) is 11.5 Å². The summed E-state index contributed by atoms with van der Waals surface area (Å²) in [7, 11) is 0. The summed E-state index contributed by atoms with van der Waals surface area (Å²) in [6.45, 7) is 0. The van der Waals surface area contributed by atoms with Gasteiger partial charge in [0.05, 0.1) is 28.3 Å². The Balaban J connectivity index is 1.32. The van der Waals surface area contributed by atoms with E-state index in [0.717, 1.165) is 56.7 Å². The van der Waals surface area contributed by atoms with E-state index in [4.69, 9.17) is 14.7 Å². The van der Waals surface area contributed by atoms with Gasteiger partial charge in [-0.1, -0.05) is 60.3 Å². The second-order valence-corrected chi connectivity index (χ2v) is 10.2. The smallest absolute Gasteiger partial charge is 0.151 e. The number of hydrogen-bond acceptors (Lipinski definition) is 6. The molecule has 6 heteroatoms. The molecule has 0 radical (unpaired) electrons. The molecule has 0 aliphatic carbocycles. The van der Waals surface area contributed by atoms with Crippen molar-refractivity contribution >= 4 is 56.9 Å². The first-order valence-electron chi connectivity index (χ1n) is 12.4. The largest absolute Gasteiger partial charge is 0.453 e. The minimum absolute atomic E-state index is 0.828. The van der Waals surface area contributed by atoms with Gasteiger partial charge in [-0.15, -0.1) is 0 Å². The molecule has 0 unspecified atom stereocenters. The van der Waals surface area contributed by atoms with Crippen molar-refractivity contribution in [2.45, 2.75) is 9.79 Å². The standard InChI is InChI=1S/C32H20N4OS/c1-5-13-28-24(9-1)35(25-10-2-6-14-29(25)37-28)21-17-18-22-23(19-21)33-20-34-32(22)36-26-11-3-7-15-30(26)38-31-16-8-4-12-27(31)36/h1-20H. The number of ether oxygens (including phenoxy) is 1. The average Bonchev–Trinajstić information content (AvgIpc) is 2.98. The molecule has 6 aromatic rings. The number of hydrogen-bond donors (Lipinski definition) is 0. The maximum absolute atomic E-state index is 6.21. The lowest BCUT2D eigenvalue weighted by Gasteiger charge is -2.33. The lowest BCUT2D eigenvalue weighted by atomic mass is 10.1. The first kappa shape index (κ1) is 21.3. The van der Waals surface area contributed by atoms with Gasteiger partial charge in [0, 0.05) is 20.9 Å². The Bertz CT molecular complexity index is 1780. The molecule has 0 saturated carbocycles. The zero-order valence-corrected chi connectivity index (χ0v) is 21.0. The third-order valence-corrected chi connectivity index (χ3v) is 8.06. The monoisotopic (exact) mass is 508 g/mol. The molecular weight excluding hydrogens is 488 g/mol. The van der Waals surface area contributed by atoms with E-state index in [1.54, 1.807) is 18.1 Å². The van der Waals surface area contributed by atoms with Crippen molar-refractivity contribution in [1.82, 2.24) is 9.97 Å².